The third kappa shape index (κ3) is 4.09. The zero-order chi connectivity index (χ0) is 20.5. The van der Waals surface area contributed by atoms with Crippen molar-refractivity contribution in [3.05, 3.63) is 58.7 Å². The van der Waals surface area contributed by atoms with Gasteiger partial charge in [-0.15, -0.1) is 0 Å². The van der Waals surface area contributed by atoms with Crippen LogP contribution in [0.4, 0.5) is 0 Å². The van der Waals surface area contributed by atoms with Gasteiger partial charge in [0.25, 0.3) is 5.91 Å². The number of benzene rings is 1. The van der Waals surface area contributed by atoms with Crippen LogP contribution in [-0.2, 0) is 26.9 Å². The van der Waals surface area contributed by atoms with E-state index in [4.69, 9.17) is 8.83 Å². The van der Waals surface area contributed by atoms with Gasteiger partial charge in [-0.3, -0.25) is 4.79 Å². The Balaban J connectivity index is 1.86. The van der Waals surface area contributed by atoms with Gasteiger partial charge in [-0.05, 0) is 19.1 Å². The lowest BCUT2D eigenvalue weighted by Gasteiger charge is -2.03. The summed E-state index contributed by atoms with van der Waals surface area (Å²) in [6.07, 6.45) is 1.09. The highest BCUT2D eigenvalue weighted by Gasteiger charge is 2.24. The Morgan fingerprint density at radius 3 is 2.57 bits per heavy atom. The second kappa shape index (κ2) is 7.51. The molecule has 8 nitrogen and oxygen atoms in total. The predicted octanol–water partition coefficient (Wildman–Crippen LogP) is 2.60. The number of methoxy groups -OCH3 is 1. The van der Waals surface area contributed by atoms with Gasteiger partial charge < -0.3 is 18.9 Å². The van der Waals surface area contributed by atoms with Crippen molar-refractivity contribution in [2.45, 2.75) is 19.2 Å². The highest BCUT2D eigenvalue weighted by atomic mass is 32.2. The van der Waals surface area contributed by atoms with E-state index in [0.717, 1.165) is 6.26 Å². The number of nitrogens with one attached hydrogen (secondary N) is 1. The normalized spacial score (nSPS) is 11.5. The number of carbonyl (C=O) groups is 2. The van der Waals surface area contributed by atoms with E-state index < -0.39 is 21.7 Å². The van der Waals surface area contributed by atoms with E-state index in [1.165, 1.54) is 13.2 Å². The van der Waals surface area contributed by atoms with E-state index in [1.807, 2.05) is 0 Å². The standard InChI is InChI=1S/C19H19NO7S/c1-11-14(19(22)25-2)8-12(26-11)9-20-18(21)17-15(10-28(3,23)24)13-6-4-5-7-16(13)27-17/h4-8H,9-10H2,1-3H3,(H,20,21). The van der Waals surface area contributed by atoms with E-state index in [2.05, 4.69) is 10.1 Å². The molecule has 148 valence electrons. The number of furan rings is 2. The van der Waals surface area contributed by atoms with Gasteiger partial charge in [0.15, 0.2) is 15.6 Å². The van der Waals surface area contributed by atoms with E-state index in [1.54, 1.807) is 31.2 Å². The number of amides is 1. The van der Waals surface area contributed by atoms with E-state index in [9.17, 15) is 18.0 Å². The molecule has 0 aliphatic carbocycles. The number of carbonyl (C=O) groups excluding carboxylic acids is 2. The van der Waals surface area contributed by atoms with Gasteiger partial charge in [0.05, 0.1) is 19.4 Å². The fourth-order valence-corrected chi connectivity index (χ4v) is 3.69. The highest BCUT2D eigenvalue weighted by Crippen LogP contribution is 2.27. The molecule has 0 atom stereocenters. The Kier molecular flexibility index (Phi) is 5.28. The van der Waals surface area contributed by atoms with Crippen LogP contribution in [0.1, 0.15) is 38.0 Å². The molecule has 3 rings (SSSR count). The average Bonchev–Trinajstić information content (AvgIpc) is 3.19. The number of aryl methyl sites for hydroxylation is 1. The van der Waals surface area contributed by atoms with Crippen molar-refractivity contribution in [3.63, 3.8) is 0 Å². The molecule has 1 aromatic carbocycles. The fourth-order valence-electron chi connectivity index (χ4n) is 2.88. The van der Waals surface area contributed by atoms with Crippen LogP contribution in [0.25, 0.3) is 11.0 Å². The second-order valence-electron chi connectivity index (χ2n) is 6.33. The number of para-hydroxylation sites is 1. The molecule has 0 fully saturated rings. The molecule has 0 radical (unpaired) electrons. The monoisotopic (exact) mass is 405 g/mol. The summed E-state index contributed by atoms with van der Waals surface area (Å²) in [4.78, 5) is 24.3. The number of esters is 1. The summed E-state index contributed by atoms with van der Waals surface area (Å²) in [6.45, 7) is 1.60. The summed E-state index contributed by atoms with van der Waals surface area (Å²) in [5.74, 6) is -0.776. The molecule has 1 N–H and O–H groups in total. The van der Waals surface area contributed by atoms with E-state index in [0.29, 0.717) is 28.1 Å². The summed E-state index contributed by atoms with van der Waals surface area (Å²) < 4.78 is 39.3. The first kappa shape index (κ1) is 19.7. The van der Waals surface area contributed by atoms with Crippen molar-refractivity contribution in [1.29, 1.82) is 0 Å². The number of sulfone groups is 1. The molecule has 0 aliphatic rings. The summed E-state index contributed by atoms with van der Waals surface area (Å²) in [6, 6.07) is 8.32. The minimum atomic E-state index is -3.39. The quantitative estimate of drug-likeness (QED) is 0.627. The molecule has 2 aromatic heterocycles. The van der Waals surface area contributed by atoms with Crippen LogP contribution in [0.2, 0.25) is 0 Å². The van der Waals surface area contributed by atoms with Crippen LogP contribution < -0.4 is 5.32 Å². The van der Waals surface area contributed by atoms with Crippen LogP contribution in [0.5, 0.6) is 0 Å². The Morgan fingerprint density at radius 1 is 1.18 bits per heavy atom. The molecular formula is C19H19NO7S. The molecule has 0 spiro atoms. The first-order chi connectivity index (χ1) is 13.2. The minimum Gasteiger partial charge on any atom is -0.465 e. The maximum absolute atomic E-state index is 12.6. The molecule has 0 saturated carbocycles. The number of hydrogen-bond acceptors (Lipinski definition) is 7. The van der Waals surface area contributed by atoms with Crippen molar-refractivity contribution in [1.82, 2.24) is 5.32 Å². The van der Waals surface area contributed by atoms with Crippen LogP contribution in [-0.4, -0.2) is 33.7 Å². The van der Waals surface area contributed by atoms with Gasteiger partial charge in [-0.25, -0.2) is 13.2 Å². The fraction of sp³-hybridized carbons (Fsp3) is 0.263. The largest absolute Gasteiger partial charge is 0.465 e. The molecule has 0 aliphatic heterocycles. The lowest BCUT2D eigenvalue weighted by Crippen LogP contribution is -2.23. The number of ether oxygens (including phenoxy) is 1. The third-order valence-electron chi connectivity index (χ3n) is 4.11. The lowest BCUT2D eigenvalue weighted by atomic mass is 10.1. The zero-order valence-electron chi connectivity index (χ0n) is 15.6. The van der Waals surface area contributed by atoms with Crippen LogP contribution in [0.15, 0.2) is 39.2 Å². The van der Waals surface area contributed by atoms with Crippen molar-refractivity contribution in [3.8, 4) is 0 Å². The summed E-state index contributed by atoms with van der Waals surface area (Å²) in [5, 5.41) is 3.20. The minimum absolute atomic E-state index is 0.00791. The summed E-state index contributed by atoms with van der Waals surface area (Å²) >= 11 is 0. The van der Waals surface area contributed by atoms with Gasteiger partial charge in [0, 0.05) is 17.2 Å². The van der Waals surface area contributed by atoms with Crippen LogP contribution in [0.3, 0.4) is 0 Å². The summed E-state index contributed by atoms with van der Waals surface area (Å²) in [5.41, 5.74) is 1.00. The Labute approximate surface area is 161 Å². The zero-order valence-corrected chi connectivity index (χ0v) is 16.4. The molecule has 2 heterocycles. The smallest absolute Gasteiger partial charge is 0.341 e. The Morgan fingerprint density at radius 2 is 1.89 bits per heavy atom. The van der Waals surface area contributed by atoms with E-state index in [-0.39, 0.29) is 23.6 Å². The molecule has 28 heavy (non-hydrogen) atoms. The molecule has 0 saturated heterocycles. The van der Waals surface area contributed by atoms with Crippen molar-refractivity contribution >= 4 is 32.7 Å². The average molecular weight is 405 g/mol. The van der Waals surface area contributed by atoms with Gasteiger partial charge in [-0.2, -0.15) is 0 Å². The van der Waals surface area contributed by atoms with Gasteiger partial charge in [0.1, 0.15) is 22.7 Å². The molecule has 1 amide bonds. The molecule has 0 bridgehead atoms. The lowest BCUT2D eigenvalue weighted by molar-refractivity contribution is 0.0598. The maximum atomic E-state index is 12.6. The first-order valence-electron chi connectivity index (χ1n) is 8.33. The highest BCUT2D eigenvalue weighted by molar-refractivity contribution is 7.89. The molecule has 9 heteroatoms. The summed E-state index contributed by atoms with van der Waals surface area (Å²) in [7, 11) is -2.12. The number of hydrogen-bond donors (Lipinski definition) is 1. The maximum Gasteiger partial charge on any atom is 0.341 e. The first-order valence-corrected chi connectivity index (χ1v) is 10.4. The molecule has 3 aromatic rings. The van der Waals surface area contributed by atoms with Crippen LogP contribution in [0, 0.1) is 6.92 Å². The SMILES string of the molecule is COC(=O)c1cc(CNC(=O)c2oc3ccccc3c2CS(C)(=O)=O)oc1C. The Bertz CT molecular complexity index is 1150. The molecule has 0 unspecified atom stereocenters. The van der Waals surface area contributed by atoms with Gasteiger partial charge >= 0.3 is 5.97 Å². The molecular weight excluding hydrogens is 386 g/mol. The number of rotatable bonds is 6. The van der Waals surface area contributed by atoms with Crippen LogP contribution >= 0.6 is 0 Å². The van der Waals surface area contributed by atoms with Crippen molar-refractivity contribution in [2.75, 3.05) is 13.4 Å². The van der Waals surface area contributed by atoms with Crippen molar-refractivity contribution in [2.24, 2.45) is 0 Å². The van der Waals surface area contributed by atoms with Gasteiger partial charge in [-0.1, -0.05) is 18.2 Å². The Hall–Kier alpha value is -3.07. The second-order valence-corrected chi connectivity index (χ2v) is 8.47. The number of fused-ring (bicyclic) bond motifs is 1. The van der Waals surface area contributed by atoms with E-state index >= 15 is 0 Å². The predicted molar refractivity (Wildman–Crippen MR) is 101 cm³/mol. The van der Waals surface area contributed by atoms with Gasteiger partial charge in [0.2, 0.25) is 0 Å². The topological polar surface area (TPSA) is 116 Å². The third-order valence-corrected chi connectivity index (χ3v) is 4.92. The van der Waals surface area contributed by atoms with Crippen molar-refractivity contribution < 1.29 is 31.6 Å².